The number of amidine groups is 2. The molecule has 2 amide bonds. The summed E-state index contributed by atoms with van der Waals surface area (Å²) < 4.78 is 0. The third kappa shape index (κ3) is 7.80. The molecule has 2 aliphatic rings. The van der Waals surface area contributed by atoms with Gasteiger partial charge in [0.15, 0.2) is 10.3 Å². The van der Waals surface area contributed by atoms with Crippen LogP contribution in [0.3, 0.4) is 0 Å². The molecule has 56 heavy (non-hydrogen) atoms. The Kier molecular flexibility index (Phi) is 10.4. The van der Waals surface area contributed by atoms with E-state index in [1.807, 2.05) is 173 Å². The topological polar surface area (TPSA) is 65.3 Å². The SMILES string of the molecule is Cc1cccc(N=C2S/C(=C/c3ccccc3)C(=O)N2c2ccc(-c3ccc(N4C(=O)/C(=C\c5ccccc5)SC4=Nc4cccc(C)c4)c(C)c3)cc2C)c1. The second-order valence-corrected chi connectivity index (χ2v) is 15.8. The molecule has 2 fully saturated rings. The van der Waals surface area contributed by atoms with Gasteiger partial charge in [0.1, 0.15) is 0 Å². The van der Waals surface area contributed by atoms with Crippen molar-refractivity contribution in [2.24, 2.45) is 9.98 Å². The summed E-state index contributed by atoms with van der Waals surface area (Å²) in [6.07, 6.45) is 3.85. The molecule has 6 aromatic carbocycles. The van der Waals surface area contributed by atoms with Crippen LogP contribution in [0.2, 0.25) is 0 Å². The maximum Gasteiger partial charge on any atom is 0.271 e. The van der Waals surface area contributed by atoms with Crippen molar-refractivity contribution in [3.63, 3.8) is 0 Å². The summed E-state index contributed by atoms with van der Waals surface area (Å²) in [5.41, 5.74) is 11.1. The number of anilines is 2. The minimum Gasteiger partial charge on any atom is -0.268 e. The van der Waals surface area contributed by atoms with Gasteiger partial charge in [-0.25, -0.2) is 9.98 Å². The van der Waals surface area contributed by atoms with Crippen LogP contribution in [0.5, 0.6) is 0 Å². The lowest BCUT2D eigenvalue weighted by molar-refractivity contribution is -0.114. The van der Waals surface area contributed by atoms with E-state index in [-0.39, 0.29) is 11.8 Å². The van der Waals surface area contributed by atoms with Crippen LogP contribution in [0.25, 0.3) is 23.3 Å². The first-order chi connectivity index (χ1) is 27.2. The van der Waals surface area contributed by atoms with E-state index in [4.69, 9.17) is 9.98 Å². The van der Waals surface area contributed by atoms with Crippen molar-refractivity contribution in [2.45, 2.75) is 27.7 Å². The Balaban J connectivity index is 1.13. The highest BCUT2D eigenvalue weighted by Crippen LogP contribution is 2.42. The third-order valence-electron chi connectivity index (χ3n) is 9.47. The van der Waals surface area contributed by atoms with Crippen LogP contribution in [0.15, 0.2) is 165 Å². The lowest BCUT2D eigenvalue weighted by Gasteiger charge is -2.20. The predicted octanol–water partition coefficient (Wildman–Crippen LogP) is 12.2. The van der Waals surface area contributed by atoms with Gasteiger partial charge in [-0.15, -0.1) is 0 Å². The number of rotatable bonds is 7. The first kappa shape index (κ1) is 36.7. The second kappa shape index (κ2) is 15.9. The minimum atomic E-state index is -0.113. The van der Waals surface area contributed by atoms with E-state index in [9.17, 15) is 9.59 Å². The molecule has 0 bridgehead atoms. The van der Waals surface area contributed by atoms with Gasteiger partial charge in [-0.1, -0.05) is 97.1 Å². The molecule has 0 spiro atoms. The maximum absolute atomic E-state index is 14.1. The van der Waals surface area contributed by atoms with Crippen molar-refractivity contribution >= 4 is 80.6 Å². The average Bonchev–Trinajstić information content (AvgIpc) is 3.65. The van der Waals surface area contributed by atoms with Crippen molar-refractivity contribution in [2.75, 3.05) is 9.80 Å². The van der Waals surface area contributed by atoms with Crippen LogP contribution < -0.4 is 9.80 Å². The van der Waals surface area contributed by atoms with Gasteiger partial charge >= 0.3 is 0 Å². The Morgan fingerprint density at radius 2 is 0.875 bits per heavy atom. The standard InChI is InChI=1S/C48H38N4O2S2/c1-31-13-11-19-39(25-31)49-47-51(45(53)43(55-47)29-35-15-7-5-8-16-35)41-23-21-37(27-33(41)3)38-22-24-42(34(4)28-38)52-46(54)44(30-36-17-9-6-10-18-36)56-48(52)50-40-20-12-14-32(2)26-40/h5-30H,1-4H3/b43-29+,44-30+,49-47?,50-48?. The summed E-state index contributed by atoms with van der Waals surface area (Å²) in [5.74, 6) is -0.225. The maximum atomic E-state index is 14.1. The van der Waals surface area contributed by atoms with Crippen molar-refractivity contribution in [1.29, 1.82) is 0 Å². The van der Waals surface area contributed by atoms with Gasteiger partial charge < -0.3 is 0 Å². The molecule has 0 aliphatic carbocycles. The van der Waals surface area contributed by atoms with Crippen molar-refractivity contribution in [3.8, 4) is 11.1 Å². The van der Waals surface area contributed by atoms with E-state index in [2.05, 4.69) is 12.1 Å². The summed E-state index contributed by atoms with van der Waals surface area (Å²) >= 11 is 2.77. The number of aryl methyl sites for hydroxylation is 4. The molecule has 6 aromatic rings. The molecule has 0 saturated carbocycles. The summed E-state index contributed by atoms with van der Waals surface area (Å²) in [5, 5.41) is 1.21. The summed E-state index contributed by atoms with van der Waals surface area (Å²) in [6, 6.07) is 48.0. The highest BCUT2D eigenvalue weighted by molar-refractivity contribution is 8.19. The van der Waals surface area contributed by atoms with E-state index in [0.717, 1.165) is 67.3 Å². The van der Waals surface area contributed by atoms with Gasteiger partial charge in [0, 0.05) is 0 Å². The Hall–Kier alpha value is -6.22. The number of amides is 2. The van der Waals surface area contributed by atoms with Crippen LogP contribution in [0, 0.1) is 27.7 Å². The molecule has 0 atom stereocenters. The van der Waals surface area contributed by atoms with Crippen LogP contribution in [0.1, 0.15) is 33.4 Å². The van der Waals surface area contributed by atoms with Gasteiger partial charge in [0.05, 0.1) is 32.6 Å². The molecule has 2 saturated heterocycles. The molecular weight excluding hydrogens is 729 g/mol. The molecule has 0 N–H and O–H groups in total. The minimum absolute atomic E-state index is 0.113. The molecule has 274 valence electrons. The van der Waals surface area contributed by atoms with Gasteiger partial charge in [0.2, 0.25) is 0 Å². The van der Waals surface area contributed by atoms with Crippen molar-refractivity contribution in [1.82, 2.24) is 0 Å². The molecule has 0 unspecified atom stereocenters. The van der Waals surface area contributed by atoms with Crippen LogP contribution in [-0.2, 0) is 9.59 Å². The van der Waals surface area contributed by atoms with E-state index >= 15 is 0 Å². The predicted molar refractivity (Wildman–Crippen MR) is 237 cm³/mol. The number of benzene rings is 6. The fraction of sp³-hybridized carbons (Fsp3) is 0.0833. The van der Waals surface area contributed by atoms with E-state index in [0.29, 0.717) is 20.1 Å². The third-order valence-corrected chi connectivity index (χ3v) is 11.4. The normalized spacial score (nSPS) is 17.3. The molecule has 8 heteroatoms. The smallest absolute Gasteiger partial charge is 0.268 e. The quantitative estimate of drug-likeness (QED) is 0.152. The molecule has 2 aliphatic heterocycles. The van der Waals surface area contributed by atoms with Gasteiger partial charge in [-0.2, -0.15) is 0 Å². The number of thioether (sulfide) groups is 2. The molecule has 0 radical (unpaired) electrons. The van der Waals surface area contributed by atoms with Crippen LogP contribution in [-0.4, -0.2) is 22.1 Å². The monoisotopic (exact) mass is 766 g/mol. The lowest BCUT2D eigenvalue weighted by Crippen LogP contribution is -2.29. The zero-order valence-electron chi connectivity index (χ0n) is 31.4. The van der Waals surface area contributed by atoms with Crippen LogP contribution >= 0.6 is 23.5 Å². The number of nitrogens with zero attached hydrogens (tertiary/aromatic N) is 4. The highest BCUT2D eigenvalue weighted by atomic mass is 32.2. The van der Waals surface area contributed by atoms with E-state index < -0.39 is 0 Å². The number of carbonyl (C=O) groups is 2. The number of hydrogen-bond donors (Lipinski definition) is 0. The van der Waals surface area contributed by atoms with Crippen molar-refractivity contribution in [3.05, 3.63) is 189 Å². The lowest BCUT2D eigenvalue weighted by atomic mass is 9.99. The molecule has 8 rings (SSSR count). The highest BCUT2D eigenvalue weighted by Gasteiger charge is 2.37. The molecule has 6 nitrogen and oxygen atoms in total. The second-order valence-electron chi connectivity index (χ2n) is 13.8. The zero-order chi connectivity index (χ0) is 38.8. The zero-order valence-corrected chi connectivity index (χ0v) is 33.1. The summed E-state index contributed by atoms with van der Waals surface area (Å²) in [4.78, 5) is 42.8. The average molecular weight is 767 g/mol. The number of hydrogen-bond acceptors (Lipinski definition) is 6. The summed E-state index contributed by atoms with van der Waals surface area (Å²) in [7, 11) is 0. The van der Waals surface area contributed by atoms with Gasteiger partial charge in [-0.05, 0) is 156 Å². The Bertz CT molecular complexity index is 2450. The van der Waals surface area contributed by atoms with Crippen molar-refractivity contribution < 1.29 is 9.59 Å². The first-order valence-corrected chi connectivity index (χ1v) is 19.9. The number of carbonyl (C=O) groups excluding carboxylic acids is 2. The fourth-order valence-electron chi connectivity index (χ4n) is 6.71. The Morgan fingerprint density at radius 1 is 0.464 bits per heavy atom. The fourth-order valence-corrected chi connectivity index (χ4v) is 8.70. The number of aliphatic imine (C=N–C) groups is 2. The van der Waals surface area contributed by atoms with E-state index in [1.54, 1.807) is 9.80 Å². The van der Waals surface area contributed by atoms with E-state index in [1.165, 1.54) is 23.5 Å². The molecule has 2 heterocycles. The summed E-state index contributed by atoms with van der Waals surface area (Å²) in [6.45, 7) is 8.12. The van der Waals surface area contributed by atoms with Gasteiger partial charge in [0.25, 0.3) is 11.8 Å². The Labute approximate surface area is 336 Å². The Morgan fingerprint density at radius 3 is 1.25 bits per heavy atom. The molecular formula is C48H38N4O2S2. The first-order valence-electron chi connectivity index (χ1n) is 18.3. The largest absolute Gasteiger partial charge is 0.271 e. The van der Waals surface area contributed by atoms with Crippen LogP contribution in [0.4, 0.5) is 22.7 Å². The van der Waals surface area contributed by atoms with Gasteiger partial charge in [-0.3, -0.25) is 19.4 Å². The molecule has 0 aromatic heterocycles.